The van der Waals surface area contributed by atoms with Crippen molar-refractivity contribution >= 4 is 15.9 Å². The van der Waals surface area contributed by atoms with Crippen LogP contribution in [0.15, 0.2) is 22.7 Å². The highest BCUT2D eigenvalue weighted by atomic mass is 79.9. The summed E-state index contributed by atoms with van der Waals surface area (Å²) in [4.78, 5) is 2.65. The first-order valence-electron chi connectivity index (χ1n) is 6.48. The van der Waals surface area contributed by atoms with E-state index in [1.165, 1.54) is 42.4 Å². The summed E-state index contributed by atoms with van der Waals surface area (Å²) in [5, 5.41) is 3.40. The van der Waals surface area contributed by atoms with Gasteiger partial charge in [0.15, 0.2) is 0 Å². The van der Waals surface area contributed by atoms with E-state index in [-0.39, 0.29) is 0 Å². The molecule has 1 aromatic rings. The number of nitrogens with zero attached hydrogens (tertiary/aromatic N) is 1. The minimum absolute atomic E-state index is 0.654. The van der Waals surface area contributed by atoms with E-state index in [2.05, 4.69) is 51.4 Å². The lowest BCUT2D eigenvalue weighted by Crippen LogP contribution is -2.31. The number of rotatable bonds is 2. The first-order valence-corrected chi connectivity index (χ1v) is 7.27. The maximum Gasteiger partial charge on any atom is 0.0355 e. The summed E-state index contributed by atoms with van der Waals surface area (Å²) in [5.41, 5.74) is 3.08. The van der Waals surface area contributed by atoms with Crippen LogP contribution in [-0.4, -0.2) is 31.1 Å². The predicted molar refractivity (Wildman–Crippen MR) is 74.2 cm³/mol. The van der Waals surface area contributed by atoms with Crippen LogP contribution in [0.5, 0.6) is 0 Å². The third kappa shape index (κ3) is 2.05. The van der Waals surface area contributed by atoms with Crippen molar-refractivity contribution in [1.29, 1.82) is 0 Å². The molecule has 92 valence electrons. The number of benzene rings is 1. The van der Waals surface area contributed by atoms with Gasteiger partial charge >= 0.3 is 0 Å². The normalized spacial score (nSPS) is 28.6. The Balaban J connectivity index is 1.82. The Labute approximate surface area is 112 Å². The summed E-state index contributed by atoms with van der Waals surface area (Å²) >= 11 is 3.68. The Kier molecular flexibility index (Phi) is 3.24. The van der Waals surface area contributed by atoms with Gasteiger partial charge in [-0.2, -0.15) is 0 Å². The van der Waals surface area contributed by atoms with Crippen molar-refractivity contribution in [2.45, 2.75) is 31.3 Å². The van der Waals surface area contributed by atoms with Gasteiger partial charge in [0.05, 0.1) is 0 Å². The second kappa shape index (κ2) is 4.71. The highest BCUT2D eigenvalue weighted by Crippen LogP contribution is 2.40. The molecule has 2 aliphatic rings. The van der Waals surface area contributed by atoms with Gasteiger partial charge in [0, 0.05) is 29.6 Å². The molecule has 1 aliphatic carbocycles. The van der Waals surface area contributed by atoms with Gasteiger partial charge < -0.3 is 5.32 Å². The lowest BCUT2D eigenvalue weighted by molar-refractivity contribution is 0.240. The SMILES string of the molecule is CNC1CCN(C2CCc3c(Br)cccc32)C1. The smallest absolute Gasteiger partial charge is 0.0355 e. The summed E-state index contributed by atoms with van der Waals surface area (Å²) in [6.45, 7) is 2.44. The largest absolute Gasteiger partial charge is 0.316 e. The molecule has 0 bridgehead atoms. The molecule has 2 nitrogen and oxygen atoms in total. The molecule has 3 rings (SSSR count). The molecule has 0 spiro atoms. The fraction of sp³-hybridized carbons (Fsp3) is 0.571. The fourth-order valence-corrected chi connectivity index (χ4v) is 3.85. The van der Waals surface area contributed by atoms with Crippen molar-refractivity contribution < 1.29 is 0 Å². The highest BCUT2D eigenvalue weighted by molar-refractivity contribution is 9.10. The van der Waals surface area contributed by atoms with Crippen LogP contribution in [0.3, 0.4) is 0 Å². The average Bonchev–Trinajstić information content (AvgIpc) is 2.94. The van der Waals surface area contributed by atoms with Crippen LogP contribution >= 0.6 is 15.9 Å². The monoisotopic (exact) mass is 294 g/mol. The van der Waals surface area contributed by atoms with Crippen molar-refractivity contribution in [3.05, 3.63) is 33.8 Å². The Bertz CT molecular complexity index is 419. The second-order valence-corrected chi connectivity index (χ2v) is 5.99. The van der Waals surface area contributed by atoms with Gasteiger partial charge in [0.25, 0.3) is 0 Å². The topological polar surface area (TPSA) is 15.3 Å². The van der Waals surface area contributed by atoms with Crippen LogP contribution in [0, 0.1) is 0 Å². The Morgan fingerprint density at radius 1 is 1.35 bits per heavy atom. The Morgan fingerprint density at radius 2 is 2.24 bits per heavy atom. The van der Waals surface area contributed by atoms with Crippen molar-refractivity contribution in [2.75, 3.05) is 20.1 Å². The molecule has 2 atom stereocenters. The minimum Gasteiger partial charge on any atom is -0.316 e. The highest BCUT2D eigenvalue weighted by Gasteiger charge is 2.33. The Hall–Kier alpha value is -0.380. The number of halogens is 1. The third-order valence-electron chi connectivity index (χ3n) is 4.25. The number of nitrogens with one attached hydrogen (secondary N) is 1. The first-order chi connectivity index (χ1) is 8.29. The standard InChI is InChI=1S/C14H19BrN2/c1-16-10-7-8-17(9-10)14-6-5-11-12(14)3-2-4-13(11)15/h2-4,10,14,16H,5-9H2,1H3. The third-order valence-corrected chi connectivity index (χ3v) is 4.99. The molecule has 1 saturated heterocycles. The lowest BCUT2D eigenvalue weighted by atomic mass is 10.1. The van der Waals surface area contributed by atoms with Gasteiger partial charge in [-0.3, -0.25) is 4.90 Å². The molecule has 3 heteroatoms. The molecule has 1 N–H and O–H groups in total. The van der Waals surface area contributed by atoms with Gasteiger partial charge in [-0.1, -0.05) is 28.1 Å². The van der Waals surface area contributed by atoms with Gasteiger partial charge in [-0.15, -0.1) is 0 Å². The molecule has 1 heterocycles. The first kappa shape index (κ1) is 11.7. The molecular weight excluding hydrogens is 276 g/mol. The molecule has 17 heavy (non-hydrogen) atoms. The fourth-order valence-electron chi connectivity index (χ4n) is 3.27. The molecular formula is C14H19BrN2. The average molecular weight is 295 g/mol. The van der Waals surface area contributed by atoms with E-state index in [4.69, 9.17) is 0 Å². The molecule has 1 aromatic carbocycles. The zero-order chi connectivity index (χ0) is 11.8. The van der Waals surface area contributed by atoms with Gasteiger partial charge in [0.2, 0.25) is 0 Å². The molecule has 2 unspecified atom stereocenters. The number of hydrogen-bond acceptors (Lipinski definition) is 2. The summed E-state index contributed by atoms with van der Waals surface area (Å²) in [6, 6.07) is 7.99. The minimum atomic E-state index is 0.654. The maximum absolute atomic E-state index is 3.68. The van der Waals surface area contributed by atoms with Gasteiger partial charge in [-0.05, 0) is 43.5 Å². The van der Waals surface area contributed by atoms with Crippen molar-refractivity contribution in [3.63, 3.8) is 0 Å². The lowest BCUT2D eigenvalue weighted by Gasteiger charge is -2.24. The van der Waals surface area contributed by atoms with Crippen molar-refractivity contribution in [1.82, 2.24) is 10.2 Å². The summed E-state index contributed by atoms with van der Waals surface area (Å²) in [7, 11) is 2.08. The molecule has 0 saturated carbocycles. The number of fused-ring (bicyclic) bond motifs is 1. The maximum atomic E-state index is 3.68. The van der Waals surface area contributed by atoms with Crippen LogP contribution in [0.25, 0.3) is 0 Å². The van der Waals surface area contributed by atoms with Gasteiger partial charge in [-0.25, -0.2) is 0 Å². The van der Waals surface area contributed by atoms with E-state index in [0.29, 0.717) is 12.1 Å². The predicted octanol–water partition coefficient (Wildman–Crippen LogP) is 2.73. The summed E-state index contributed by atoms with van der Waals surface area (Å²) in [5.74, 6) is 0. The van der Waals surface area contributed by atoms with Crippen LogP contribution in [-0.2, 0) is 6.42 Å². The molecule has 1 fully saturated rings. The molecule has 0 radical (unpaired) electrons. The number of likely N-dealkylation sites (tertiary alicyclic amines) is 1. The Morgan fingerprint density at radius 3 is 3.00 bits per heavy atom. The number of likely N-dealkylation sites (N-methyl/N-ethyl adjacent to an activating group) is 1. The van der Waals surface area contributed by atoms with Crippen LogP contribution in [0.2, 0.25) is 0 Å². The van der Waals surface area contributed by atoms with E-state index in [0.717, 1.165) is 0 Å². The van der Waals surface area contributed by atoms with E-state index in [9.17, 15) is 0 Å². The van der Waals surface area contributed by atoms with E-state index in [1.54, 1.807) is 5.56 Å². The van der Waals surface area contributed by atoms with Crippen molar-refractivity contribution in [3.8, 4) is 0 Å². The summed E-state index contributed by atoms with van der Waals surface area (Å²) < 4.78 is 1.29. The van der Waals surface area contributed by atoms with Crippen LogP contribution in [0.1, 0.15) is 30.0 Å². The zero-order valence-electron chi connectivity index (χ0n) is 10.2. The van der Waals surface area contributed by atoms with Gasteiger partial charge in [0.1, 0.15) is 0 Å². The van der Waals surface area contributed by atoms with Crippen molar-refractivity contribution in [2.24, 2.45) is 0 Å². The van der Waals surface area contributed by atoms with Crippen LogP contribution in [0.4, 0.5) is 0 Å². The summed E-state index contributed by atoms with van der Waals surface area (Å²) in [6.07, 6.45) is 3.80. The number of hydrogen-bond donors (Lipinski definition) is 1. The molecule has 0 amide bonds. The zero-order valence-corrected chi connectivity index (χ0v) is 11.8. The quantitative estimate of drug-likeness (QED) is 0.902. The molecule has 0 aromatic heterocycles. The molecule has 1 aliphatic heterocycles. The van der Waals surface area contributed by atoms with E-state index < -0.39 is 0 Å². The van der Waals surface area contributed by atoms with E-state index >= 15 is 0 Å². The van der Waals surface area contributed by atoms with Crippen LogP contribution < -0.4 is 5.32 Å². The van der Waals surface area contributed by atoms with E-state index in [1.807, 2.05) is 0 Å². The second-order valence-electron chi connectivity index (χ2n) is 5.13.